The molecule has 1 saturated heterocycles. The smallest absolute Gasteiger partial charge is 0.227 e. The molecule has 1 amide bonds. The summed E-state index contributed by atoms with van der Waals surface area (Å²) >= 11 is 0. The molecule has 3 rings (SSSR count). The first-order valence-electron chi connectivity index (χ1n) is 10.1. The predicted molar refractivity (Wildman–Crippen MR) is 112 cm³/mol. The lowest BCUT2D eigenvalue weighted by Crippen LogP contribution is -2.38. The molecule has 0 atom stereocenters. The van der Waals surface area contributed by atoms with Crippen LogP contribution in [0, 0.1) is 5.92 Å². The van der Waals surface area contributed by atoms with Crippen LogP contribution in [0.5, 0.6) is 5.75 Å². The van der Waals surface area contributed by atoms with Gasteiger partial charge in [-0.05, 0) is 30.9 Å². The number of piperidine rings is 1. The first-order chi connectivity index (χ1) is 13.3. The summed E-state index contributed by atoms with van der Waals surface area (Å²) in [5, 5.41) is 12.7. The maximum Gasteiger partial charge on any atom is 0.227 e. The van der Waals surface area contributed by atoms with Gasteiger partial charge in [0.1, 0.15) is 17.4 Å². The fourth-order valence-corrected chi connectivity index (χ4v) is 3.37. The number of anilines is 2. The van der Waals surface area contributed by atoms with Crippen molar-refractivity contribution < 1.29 is 9.90 Å². The zero-order valence-corrected chi connectivity index (χ0v) is 17.1. The Labute approximate surface area is 167 Å². The van der Waals surface area contributed by atoms with Gasteiger partial charge in [-0.2, -0.15) is 0 Å². The largest absolute Gasteiger partial charge is 0.506 e. The average molecular weight is 383 g/mol. The van der Waals surface area contributed by atoms with E-state index in [0.717, 1.165) is 43.3 Å². The third-order valence-corrected chi connectivity index (χ3v) is 5.21. The number of nitrogens with zero attached hydrogens (tertiary/aromatic N) is 3. The van der Waals surface area contributed by atoms with E-state index < -0.39 is 0 Å². The molecular formula is C22H30N4O2. The lowest BCUT2D eigenvalue weighted by molar-refractivity contribution is -0.120. The van der Waals surface area contributed by atoms with Crippen molar-refractivity contribution in [2.75, 3.05) is 23.3 Å². The molecular weight excluding hydrogens is 352 g/mol. The van der Waals surface area contributed by atoms with Gasteiger partial charge in [0.2, 0.25) is 5.91 Å². The number of carbonyl (C=O) groups is 1. The van der Waals surface area contributed by atoms with Crippen LogP contribution in [0.3, 0.4) is 0 Å². The summed E-state index contributed by atoms with van der Waals surface area (Å²) < 4.78 is 0. The Bertz CT molecular complexity index is 801. The molecule has 6 heteroatoms. The first-order valence-corrected chi connectivity index (χ1v) is 10.1. The molecule has 6 nitrogen and oxygen atoms in total. The van der Waals surface area contributed by atoms with Crippen LogP contribution in [0.2, 0.25) is 0 Å². The van der Waals surface area contributed by atoms with Gasteiger partial charge >= 0.3 is 0 Å². The number of hydrogen-bond acceptors (Lipinski definition) is 5. The Balaban J connectivity index is 1.66. The molecule has 150 valence electrons. The molecule has 0 spiro atoms. The number of benzene rings is 1. The van der Waals surface area contributed by atoms with Crippen LogP contribution < -0.4 is 10.2 Å². The molecule has 2 N–H and O–H groups in total. The van der Waals surface area contributed by atoms with Crippen molar-refractivity contribution in [2.24, 2.45) is 5.92 Å². The molecule has 1 aromatic heterocycles. The van der Waals surface area contributed by atoms with E-state index in [1.807, 2.05) is 0 Å². The number of aromatic hydroxyl groups is 1. The third kappa shape index (κ3) is 4.61. The van der Waals surface area contributed by atoms with Gasteiger partial charge in [-0.1, -0.05) is 39.8 Å². The molecule has 0 unspecified atom stereocenters. The molecule has 0 saturated carbocycles. The van der Waals surface area contributed by atoms with E-state index >= 15 is 0 Å². The quantitative estimate of drug-likeness (QED) is 0.755. The number of para-hydroxylation sites is 2. The normalized spacial score (nSPS) is 15.3. The third-order valence-electron chi connectivity index (χ3n) is 5.21. The Kier molecular flexibility index (Phi) is 6.17. The summed E-state index contributed by atoms with van der Waals surface area (Å²) in [5.74, 6) is 2.46. The van der Waals surface area contributed by atoms with Gasteiger partial charge in [-0.25, -0.2) is 9.97 Å². The fourth-order valence-electron chi connectivity index (χ4n) is 3.37. The Morgan fingerprint density at radius 3 is 2.39 bits per heavy atom. The fraction of sp³-hybridized carbons (Fsp3) is 0.500. The highest BCUT2D eigenvalue weighted by Crippen LogP contribution is 2.28. The van der Waals surface area contributed by atoms with Crippen LogP contribution in [0.25, 0.3) is 0 Å². The van der Waals surface area contributed by atoms with E-state index in [9.17, 15) is 9.90 Å². The summed E-state index contributed by atoms with van der Waals surface area (Å²) in [5.41, 5.74) is 1.53. The highest BCUT2D eigenvalue weighted by molar-refractivity contribution is 5.94. The molecule has 28 heavy (non-hydrogen) atoms. The summed E-state index contributed by atoms with van der Waals surface area (Å²) in [6.07, 6.45) is 1.52. The molecule has 1 aliphatic rings. The van der Waals surface area contributed by atoms with Gasteiger partial charge in [0.15, 0.2) is 0 Å². The summed E-state index contributed by atoms with van der Waals surface area (Å²) in [6.45, 7) is 10.1. The Morgan fingerprint density at radius 1 is 1.11 bits per heavy atom. The number of hydrogen-bond donors (Lipinski definition) is 2. The molecule has 1 aliphatic heterocycles. The zero-order valence-electron chi connectivity index (χ0n) is 17.1. The van der Waals surface area contributed by atoms with E-state index in [0.29, 0.717) is 11.6 Å². The minimum Gasteiger partial charge on any atom is -0.506 e. The SMILES string of the molecule is CC(C)c1cc(N2CCC(C(=O)Nc3ccccc3O)CC2)nc(C(C)C)n1. The van der Waals surface area contributed by atoms with E-state index in [-0.39, 0.29) is 23.5 Å². The minimum absolute atomic E-state index is 0.0328. The average Bonchev–Trinajstić information content (AvgIpc) is 2.69. The second kappa shape index (κ2) is 8.59. The minimum atomic E-state index is -0.0631. The van der Waals surface area contributed by atoms with Crippen LogP contribution in [0.15, 0.2) is 30.3 Å². The molecule has 1 aromatic carbocycles. The van der Waals surface area contributed by atoms with E-state index in [4.69, 9.17) is 9.97 Å². The topological polar surface area (TPSA) is 78.4 Å². The van der Waals surface area contributed by atoms with Gasteiger partial charge < -0.3 is 15.3 Å². The van der Waals surface area contributed by atoms with Crippen LogP contribution in [0.4, 0.5) is 11.5 Å². The Morgan fingerprint density at radius 2 is 1.79 bits per heavy atom. The van der Waals surface area contributed by atoms with Crippen LogP contribution in [-0.4, -0.2) is 34.1 Å². The maximum absolute atomic E-state index is 12.6. The zero-order chi connectivity index (χ0) is 20.3. The van der Waals surface area contributed by atoms with Gasteiger partial charge in [0, 0.05) is 36.7 Å². The van der Waals surface area contributed by atoms with Crippen LogP contribution >= 0.6 is 0 Å². The standard InChI is InChI=1S/C22H30N4O2/c1-14(2)18-13-20(25-21(23-18)15(3)4)26-11-9-16(10-12-26)22(28)24-17-7-5-6-8-19(17)27/h5-8,13-16,27H,9-12H2,1-4H3,(H,24,28). The number of rotatable bonds is 5. The van der Waals surface area contributed by atoms with E-state index in [1.165, 1.54) is 0 Å². The second-order valence-electron chi connectivity index (χ2n) is 8.09. The number of nitrogens with one attached hydrogen (secondary N) is 1. The van der Waals surface area contributed by atoms with Crippen LogP contribution in [0.1, 0.15) is 63.9 Å². The van der Waals surface area contributed by atoms with Gasteiger partial charge in [0.05, 0.1) is 5.69 Å². The summed E-state index contributed by atoms with van der Waals surface area (Å²) in [6, 6.07) is 8.91. The molecule has 1 fully saturated rings. The number of amides is 1. The second-order valence-corrected chi connectivity index (χ2v) is 8.09. The number of phenols is 1. The van der Waals surface area contributed by atoms with Crippen molar-refractivity contribution in [2.45, 2.75) is 52.4 Å². The number of phenolic OH excluding ortho intramolecular Hbond substituents is 1. The molecule has 0 bridgehead atoms. The number of carbonyl (C=O) groups excluding carboxylic acids is 1. The first kappa shape index (κ1) is 20.1. The van der Waals surface area contributed by atoms with Crippen molar-refractivity contribution in [3.05, 3.63) is 41.9 Å². The molecule has 2 aromatic rings. The van der Waals surface area contributed by atoms with E-state index in [1.54, 1.807) is 24.3 Å². The van der Waals surface area contributed by atoms with Crippen molar-refractivity contribution in [1.82, 2.24) is 9.97 Å². The predicted octanol–water partition coefficient (Wildman–Crippen LogP) is 4.28. The monoisotopic (exact) mass is 382 g/mol. The van der Waals surface area contributed by atoms with Crippen molar-refractivity contribution in [1.29, 1.82) is 0 Å². The van der Waals surface area contributed by atoms with Gasteiger partial charge in [0.25, 0.3) is 0 Å². The summed E-state index contributed by atoms with van der Waals surface area (Å²) in [4.78, 5) is 24.3. The van der Waals surface area contributed by atoms with Crippen molar-refractivity contribution in [3.8, 4) is 5.75 Å². The highest BCUT2D eigenvalue weighted by Gasteiger charge is 2.27. The van der Waals surface area contributed by atoms with Crippen LogP contribution in [-0.2, 0) is 4.79 Å². The molecule has 2 heterocycles. The lowest BCUT2D eigenvalue weighted by atomic mass is 9.95. The number of aromatic nitrogens is 2. The lowest BCUT2D eigenvalue weighted by Gasteiger charge is -2.32. The Hall–Kier alpha value is -2.63. The van der Waals surface area contributed by atoms with Gasteiger partial charge in [-0.3, -0.25) is 4.79 Å². The highest BCUT2D eigenvalue weighted by atomic mass is 16.3. The molecule has 0 aliphatic carbocycles. The molecule has 0 radical (unpaired) electrons. The maximum atomic E-state index is 12.6. The van der Waals surface area contributed by atoms with Crippen molar-refractivity contribution >= 4 is 17.4 Å². The van der Waals surface area contributed by atoms with Crippen molar-refractivity contribution in [3.63, 3.8) is 0 Å². The van der Waals surface area contributed by atoms with Gasteiger partial charge in [-0.15, -0.1) is 0 Å². The van der Waals surface area contributed by atoms with E-state index in [2.05, 4.69) is 44.0 Å². The summed E-state index contributed by atoms with van der Waals surface area (Å²) in [7, 11) is 0.